The zero-order valence-electron chi connectivity index (χ0n) is 12.0. The van der Waals surface area contributed by atoms with Crippen LogP contribution in [0.15, 0.2) is 0 Å². The number of hydrogen-bond acceptors (Lipinski definition) is 2. The maximum absolute atomic E-state index is 3.57. The quantitative estimate of drug-likeness (QED) is 0.813. The van der Waals surface area contributed by atoms with Crippen LogP contribution in [0.4, 0.5) is 0 Å². The van der Waals surface area contributed by atoms with Crippen LogP contribution >= 0.6 is 0 Å². The van der Waals surface area contributed by atoms with Crippen LogP contribution in [0, 0.1) is 11.3 Å². The fourth-order valence-corrected chi connectivity index (χ4v) is 3.92. The molecular formula is C15H30N2. The topological polar surface area (TPSA) is 15.3 Å². The molecule has 0 aromatic rings. The van der Waals surface area contributed by atoms with Gasteiger partial charge in [-0.15, -0.1) is 0 Å². The van der Waals surface area contributed by atoms with Crippen molar-refractivity contribution in [3.63, 3.8) is 0 Å². The van der Waals surface area contributed by atoms with E-state index in [-0.39, 0.29) is 0 Å². The Bertz CT molecular complexity index is 233. The Labute approximate surface area is 107 Å². The van der Waals surface area contributed by atoms with Crippen molar-refractivity contribution in [2.75, 3.05) is 26.7 Å². The van der Waals surface area contributed by atoms with Crippen LogP contribution in [0.2, 0.25) is 0 Å². The van der Waals surface area contributed by atoms with Crippen LogP contribution in [0.1, 0.15) is 52.4 Å². The van der Waals surface area contributed by atoms with Gasteiger partial charge >= 0.3 is 0 Å². The molecule has 3 unspecified atom stereocenters. The van der Waals surface area contributed by atoms with Gasteiger partial charge in [0.05, 0.1) is 0 Å². The summed E-state index contributed by atoms with van der Waals surface area (Å²) in [6, 6.07) is 0.836. The van der Waals surface area contributed by atoms with Crippen molar-refractivity contribution in [2.45, 2.75) is 58.4 Å². The molecule has 100 valence electrons. The molecule has 2 aliphatic rings. The summed E-state index contributed by atoms with van der Waals surface area (Å²) >= 11 is 0. The normalized spacial score (nSPS) is 39.5. The van der Waals surface area contributed by atoms with Crippen LogP contribution in [-0.4, -0.2) is 37.6 Å². The predicted molar refractivity (Wildman–Crippen MR) is 74.3 cm³/mol. The second-order valence-electron chi connectivity index (χ2n) is 6.84. The largest absolute Gasteiger partial charge is 0.316 e. The lowest BCUT2D eigenvalue weighted by molar-refractivity contribution is 0.0773. The molecule has 1 N–H and O–H groups in total. The number of hydrogen-bond donors (Lipinski definition) is 1. The molecule has 2 heteroatoms. The zero-order valence-corrected chi connectivity index (χ0v) is 12.0. The van der Waals surface area contributed by atoms with E-state index in [1.165, 1.54) is 58.2 Å². The van der Waals surface area contributed by atoms with Crippen LogP contribution in [0.3, 0.4) is 0 Å². The van der Waals surface area contributed by atoms with Gasteiger partial charge in [0.1, 0.15) is 0 Å². The first kappa shape index (κ1) is 13.4. The minimum absolute atomic E-state index is 0.504. The first-order chi connectivity index (χ1) is 8.11. The van der Waals surface area contributed by atoms with E-state index in [9.17, 15) is 0 Å². The number of piperidine rings is 1. The van der Waals surface area contributed by atoms with Crippen LogP contribution in [-0.2, 0) is 0 Å². The second-order valence-corrected chi connectivity index (χ2v) is 6.84. The van der Waals surface area contributed by atoms with Gasteiger partial charge in [-0.05, 0) is 50.6 Å². The average Bonchev–Trinajstić information content (AvgIpc) is 2.29. The Morgan fingerprint density at radius 1 is 1.24 bits per heavy atom. The lowest BCUT2D eigenvalue weighted by Gasteiger charge is -2.43. The van der Waals surface area contributed by atoms with Crippen LogP contribution in [0.5, 0.6) is 0 Å². The number of nitrogens with zero attached hydrogens (tertiary/aromatic N) is 1. The third kappa shape index (κ3) is 3.45. The molecule has 0 bridgehead atoms. The summed E-state index contributed by atoms with van der Waals surface area (Å²) in [6.45, 7) is 8.61. The summed E-state index contributed by atoms with van der Waals surface area (Å²) in [5.41, 5.74) is 0.504. The maximum atomic E-state index is 3.57. The van der Waals surface area contributed by atoms with Gasteiger partial charge in [-0.25, -0.2) is 0 Å². The molecule has 0 amide bonds. The number of rotatable bonds is 3. The summed E-state index contributed by atoms with van der Waals surface area (Å²) in [5.74, 6) is 0.897. The SMILES string of the molecule is CC1CCCCC1N(C)CC1(C)CCCNC1. The molecule has 1 heterocycles. The summed E-state index contributed by atoms with van der Waals surface area (Å²) in [4.78, 5) is 2.66. The third-order valence-electron chi connectivity index (χ3n) is 4.95. The van der Waals surface area contributed by atoms with Crippen LogP contribution in [0.25, 0.3) is 0 Å². The molecule has 3 atom stereocenters. The molecule has 2 nitrogen and oxygen atoms in total. The molecule has 0 spiro atoms. The van der Waals surface area contributed by atoms with Crippen molar-refractivity contribution in [1.29, 1.82) is 0 Å². The van der Waals surface area contributed by atoms with E-state index in [0.717, 1.165) is 12.0 Å². The summed E-state index contributed by atoms with van der Waals surface area (Å²) in [7, 11) is 2.35. The van der Waals surface area contributed by atoms with E-state index in [0.29, 0.717) is 5.41 Å². The smallest absolute Gasteiger partial charge is 0.0118 e. The summed E-state index contributed by atoms with van der Waals surface area (Å²) < 4.78 is 0. The number of nitrogens with one attached hydrogen (secondary N) is 1. The van der Waals surface area contributed by atoms with Gasteiger partial charge in [0, 0.05) is 19.1 Å². The summed E-state index contributed by atoms with van der Waals surface area (Å²) in [6.07, 6.45) is 8.49. The van der Waals surface area contributed by atoms with Gasteiger partial charge < -0.3 is 10.2 Å². The highest BCUT2D eigenvalue weighted by atomic mass is 15.1. The average molecular weight is 238 g/mol. The fraction of sp³-hybridized carbons (Fsp3) is 1.00. The molecule has 1 aliphatic carbocycles. The van der Waals surface area contributed by atoms with E-state index < -0.39 is 0 Å². The van der Waals surface area contributed by atoms with Gasteiger partial charge in [0.25, 0.3) is 0 Å². The van der Waals surface area contributed by atoms with E-state index >= 15 is 0 Å². The van der Waals surface area contributed by atoms with Crippen molar-refractivity contribution in [3.05, 3.63) is 0 Å². The highest BCUT2D eigenvalue weighted by molar-refractivity contribution is 4.87. The van der Waals surface area contributed by atoms with E-state index in [4.69, 9.17) is 0 Å². The third-order valence-corrected chi connectivity index (χ3v) is 4.95. The Hall–Kier alpha value is -0.0800. The molecule has 2 rings (SSSR count). The minimum Gasteiger partial charge on any atom is -0.316 e. The highest BCUT2D eigenvalue weighted by Gasteiger charge is 2.32. The minimum atomic E-state index is 0.504. The Kier molecular flexibility index (Phi) is 4.48. The van der Waals surface area contributed by atoms with Crippen molar-refractivity contribution in [2.24, 2.45) is 11.3 Å². The molecule has 17 heavy (non-hydrogen) atoms. The zero-order chi connectivity index (χ0) is 12.3. The molecule has 1 saturated heterocycles. The second kappa shape index (κ2) is 5.71. The maximum Gasteiger partial charge on any atom is 0.0118 e. The Balaban J connectivity index is 1.88. The van der Waals surface area contributed by atoms with Crippen molar-refractivity contribution in [1.82, 2.24) is 10.2 Å². The molecular weight excluding hydrogens is 208 g/mol. The van der Waals surface area contributed by atoms with Gasteiger partial charge in [-0.2, -0.15) is 0 Å². The van der Waals surface area contributed by atoms with Crippen molar-refractivity contribution < 1.29 is 0 Å². The standard InChI is InChI=1S/C15H30N2/c1-13-7-4-5-8-14(13)17(3)12-15(2)9-6-10-16-11-15/h13-14,16H,4-12H2,1-3H3. The molecule has 0 radical (unpaired) electrons. The summed E-state index contributed by atoms with van der Waals surface area (Å²) in [5, 5.41) is 3.57. The van der Waals surface area contributed by atoms with E-state index in [1.54, 1.807) is 0 Å². The van der Waals surface area contributed by atoms with Gasteiger partial charge in [-0.3, -0.25) is 0 Å². The molecule has 2 fully saturated rings. The first-order valence-corrected chi connectivity index (χ1v) is 7.52. The van der Waals surface area contributed by atoms with Crippen LogP contribution < -0.4 is 5.32 Å². The molecule has 0 aromatic carbocycles. The van der Waals surface area contributed by atoms with E-state index in [2.05, 4.69) is 31.1 Å². The molecule has 0 aromatic heterocycles. The lowest BCUT2D eigenvalue weighted by Crippen LogP contribution is -2.49. The van der Waals surface area contributed by atoms with Crippen molar-refractivity contribution in [3.8, 4) is 0 Å². The van der Waals surface area contributed by atoms with Gasteiger partial charge in [-0.1, -0.05) is 26.7 Å². The van der Waals surface area contributed by atoms with Crippen molar-refractivity contribution >= 4 is 0 Å². The van der Waals surface area contributed by atoms with E-state index in [1.807, 2.05) is 0 Å². The Morgan fingerprint density at radius 2 is 2.00 bits per heavy atom. The van der Waals surface area contributed by atoms with Gasteiger partial charge in [0.2, 0.25) is 0 Å². The van der Waals surface area contributed by atoms with Gasteiger partial charge in [0.15, 0.2) is 0 Å². The molecule has 1 saturated carbocycles. The molecule has 1 aliphatic heterocycles. The monoisotopic (exact) mass is 238 g/mol. The fourth-order valence-electron chi connectivity index (χ4n) is 3.92. The Morgan fingerprint density at radius 3 is 2.65 bits per heavy atom. The highest BCUT2D eigenvalue weighted by Crippen LogP contribution is 2.32. The predicted octanol–water partition coefficient (Wildman–Crippen LogP) is 2.89. The lowest BCUT2D eigenvalue weighted by atomic mass is 9.80. The first-order valence-electron chi connectivity index (χ1n) is 7.52.